The van der Waals surface area contributed by atoms with Gasteiger partial charge in [0, 0.05) is 5.54 Å². The van der Waals surface area contributed by atoms with Gasteiger partial charge in [0.25, 0.3) is 10.0 Å². The molecule has 0 bridgehead atoms. The maximum absolute atomic E-state index is 14.1. The van der Waals surface area contributed by atoms with Gasteiger partial charge in [0.1, 0.15) is 17.3 Å². The van der Waals surface area contributed by atoms with Crippen LogP contribution in [-0.4, -0.2) is 26.4 Å². The van der Waals surface area contributed by atoms with E-state index in [0.29, 0.717) is 0 Å². The second kappa shape index (κ2) is 7.23. The average molecular weight is 364 g/mol. The third-order valence-electron chi connectivity index (χ3n) is 3.25. The van der Waals surface area contributed by atoms with Crippen molar-refractivity contribution in [2.75, 3.05) is 10.8 Å². The number of sulfonamides is 1. The molecule has 0 radical (unpaired) electrons. The van der Waals surface area contributed by atoms with E-state index in [2.05, 4.69) is 5.32 Å². The van der Waals surface area contributed by atoms with Crippen molar-refractivity contribution >= 4 is 21.6 Å². The lowest BCUT2D eigenvalue weighted by atomic mass is 10.1. The second-order valence-corrected chi connectivity index (χ2v) is 8.41. The van der Waals surface area contributed by atoms with Crippen molar-refractivity contribution in [2.24, 2.45) is 0 Å². The minimum absolute atomic E-state index is 0.287. The van der Waals surface area contributed by atoms with E-state index < -0.39 is 38.7 Å². The summed E-state index contributed by atoms with van der Waals surface area (Å²) < 4.78 is 40.9. The molecule has 0 atom stereocenters. The van der Waals surface area contributed by atoms with E-state index >= 15 is 0 Å². The van der Waals surface area contributed by atoms with Crippen LogP contribution in [0, 0.1) is 5.82 Å². The molecule has 2 aromatic carbocycles. The lowest BCUT2D eigenvalue weighted by Gasteiger charge is -2.27. The summed E-state index contributed by atoms with van der Waals surface area (Å²) in [6.07, 6.45) is 0. The van der Waals surface area contributed by atoms with Crippen LogP contribution in [0.5, 0.6) is 0 Å². The fraction of sp³-hybridized carbons (Fsp3) is 0.278. The molecule has 5 nitrogen and oxygen atoms in total. The highest BCUT2D eigenvalue weighted by atomic mass is 32.2. The molecule has 1 N–H and O–H groups in total. The van der Waals surface area contributed by atoms with Crippen LogP contribution in [0.15, 0.2) is 59.5 Å². The molecule has 0 spiro atoms. The molecule has 0 unspecified atom stereocenters. The van der Waals surface area contributed by atoms with Gasteiger partial charge in [-0.15, -0.1) is 0 Å². The van der Waals surface area contributed by atoms with Crippen molar-refractivity contribution in [1.29, 1.82) is 0 Å². The Balaban J connectivity index is 2.45. The number of halogens is 1. The van der Waals surface area contributed by atoms with E-state index in [1.807, 2.05) is 0 Å². The largest absolute Gasteiger partial charge is 0.350 e. The third-order valence-corrected chi connectivity index (χ3v) is 5.06. The molecular formula is C18H21FN2O3S. The number of rotatable bonds is 5. The van der Waals surface area contributed by atoms with Gasteiger partial charge in [0.05, 0.1) is 5.69 Å². The number of nitrogens with zero attached hydrogens (tertiary/aromatic N) is 1. The van der Waals surface area contributed by atoms with Gasteiger partial charge in [0.15, 0.2) is 0 Å². The van der Waals surface area contributed by atoms with Crippen molar-refractivity contribution < 1.29 is 17.6 Å². The van der Waals surface area contributed by atoms with Crippen LogP contribution >= 0.6 is 0 Å². The van der Waals surface area contributed by atoms with E-state index in [9.17, 15) is 17.6 Å². The Morgan fingerprint density at radius 3 is 2.16 bits per heavy atom. The number of hydrogen-bond acceptors (Lipinski definition) is 3. The Labute approximate surface area is 147 Å². The van der Waals surface area contributed by atoms with E-state index in [-0.39, 0.29) is 5.69 Å². The molecule has 134 valence electrons. The van der Waals surface area contributed by atoms with Crippen LogP contribution in [0.4, 0.5) is 10.1 Å². The van der Waals surface area contributed by atoms with Crippen molar-refractivity contribution in [1.82, 2.24) is 5.32 Å². The predicted octanol–water partition coefficient (Wildman–Crippen LogP) is 2.94. The Kier molecular flexibility index (Phi) is 5.47. The van der Waals surface area contributed by atoms with Crippen LogP contribution in [0.2, 0.25) is 0 Å². The highest BCUT2D eigenvalue weighted by molar-refractivity contribution is 7.92. The summed E-state index contributed by atoms with van der Waals surface area (Å²) >= 11 is 0. The summed E-state index contributed by atoms with van der Waals surface area (Å²) in [7, 11) is -4.24. The molecular weight excluding hydrogens is 343 g/mol. The standard InChI is InChI=1S/C18H21FN2O3S/c1-18(2,3)20-17(22)13-21(14-9-5-4-6-10-14)25(23,24)16-12-8-7-11-15(16)19/h4-12H,13H2,1-3H3,(H,20,22). The molecule has 7 heteroatoms. The lowest BCUT2D eigenvalue weighted by molar-refractivity contribution is -0.121. The zero-order valence-corrected chi connectivity index (χ0v) is 15.2. The summed E-state index contributed by atoms with van der Waals surface area (Å²) in [6.45, 7) is 4.94. The molecule has 25 heavy (non-hydrogen) atoms. The van der Waals surface area contributed by atoms with Gasteiger partial charge in [-0.25, -0.2) is 12.8 Å². The topological polar surface area (TPSA) is 66.5 Å². The number of amides is 1. The van der Waals surface area contributed by atoms with Gasteiger partial charge in [-0.05, 0) is 45.0 Å². The van der Waals surface area contributed by atoms with Crippen molar-refractivity contribution in [3.8, 4) is 0 Å². The molecule has 0 aliphatic rings. The smallest absolute Gasteiger partial charge is 0.267 e. The number of nitrogens with one attached hydrogen (secondary N) is 1. The quantitative estimate of drug-likeness (QED) is 0.887. The monoisotopic (exact) mass is 364 g/mol. The van der Waals surface area contributed by atoms with E-state index in [1.54, 1.807) is 51.1 Å². The number of anilines is 1. The molecule has 2 rings (SSSR count). The highest BCUT2D eigenvalue weighted by Crippen LogP contribution is 2.25. The predicted molar refractivity (Wildman–Crippen MR) is 95.3 cm³/mol. The lowest BCUT2D eigenvalue weighted by Crippen LogP contribution is -2.47. The Bertz CT molecular complexity index is 846. The third kappa shape index (κ3) is 4.79. The Morgan fingerprint density at radius 2 is 1.60 bits per heavy atom. The van der Waals surface area contributed by atoms with E-state index in [0.717, 1.165) is 10.4 Å². The molecule has 0 fully saturated rings. The van der Waals surface area contributed by atoms with E-state index in [1.165, 1.54) is 18.2 Å². The van der Waals surface area contributed by atoms with Gasteiger partial charge in [-0.2, -0.15) is 0 Å². The van der Waals surface area contributed by atoms with Crippen molar-refractivity contribution in [3.63, 3.8) is 0 Å². The van der Waals surface area contributed by atoms with Crippen LogP contribution in [0.25, 0.3) is 0 Å². The zero-order valence-electron chi connectivity index (χ0n) is 14.4. The molecule has 0 aliphatic carbocycles. The summed E-state index contributed by atoms with van der Waals surface area (Å²) in [5.74, 6) is -1.34. The van der Waals surface area contributed by atoms with E-state index in [4.69, 9.17) is 0 Å². The van der Waals surface area contributed by atoms with Crippen LogP contribution < -0.4 is 9.62 Å². The summed E-state index contributed by atoms with van der Waals surface area (Å²) in [5, 5.41) is 2.72. The highest BCUT2D eigenvalue weighted by Gasteiger charge is 2.30. The molecule has 2 aromatic rings. The normalized spacial score (nSPS) is 11.8. The number of hydrogen-bond donors (Lipinski definition) is 1. The number of para-hydroxylation sites is 1. The first kappa shape index (κ1) is 18.9. The number of benzene rings is 2. The first-order valence-corrected chi connectivity index (χ1v) is 9.18. The minimum Gasteiger partial charge on any atom is -0.350 e. The second-order valence-electron chi connectivity index (χ2n) is 6.58. The van der Waals surface area contributed by atoms with Crippen LogP contribution in [0.1, 0.15) is 20.8 Å². The van der Waals surface area contributed by atoms with Crippen LogP contribution in [-0.2, 0) is 14.8 Å². The molecule has 0 aromatic heterocycles. The van der Waals surface area contributed by atoms with Gasteiger partial charge >= 0.3 is 0 Å². The van der Waals surface area contributed by atoms with Gasteiger partial charge in [0.2, 0.25) is 5.91 Å². The Morgan fingerprint density at radius 1 is 1.04 bits per heavy atom. The SMILES string of the molecule is CC(C)(C)NC(=O)CN(c1ccccc1)S(=O)(=O)c1ccccc1F. The summed E-state index contributed by atoms with van der Waals surface area (Å²) in [5.41, 5.74) is -0.226. The number of carbonyl (C=O) groups excluding carboxylic acids is 1. The average Bonchev–Trinajstić information content (AvgIpc) is 2.52. The first-order chi connectivity index (χ1) is 11.6. The first-order valence-electron chi connectivity index (χ1n) is 7.74. The molecule has 0 saturated heterocycles. The van der Waals surface area contributed by atoms with Crippen molar-refractivity contribution in [2.45, 2.75) is 31.2 Å². The minimum atomic E-state index is -4.24. The van der Waals surface area contributed by atoms with Gasteiger partial charge in [-0.1, -0.05) is 30.3 Å². The summed E-state index contributed by atoms with van der Waals surface area (Å²) in [4.78, 5) is 11.8. The number of carbonyl (C=O) groups is 1. The maximum Gasteiger partial charge on any atom is 0.267 e. The molecule has 0 saturated carbocycles. The van der Waals surface area contributed by atoms with Gasteiger partial charge in [-0.3, -0.25) is 9.10 Å². The summed E-state index contributed by atoms with van der Waals surface area (Å²) in [6, 6.07) is 13.3. The van der Waals surface area contributed by atoms with Gasteiger partial charge < -0.3 is 5.32 Å². The molecule has 1 amide bonds. The molecule has 0 heterocycles. The van der Waals surface area contributed by atoms with Crippen LogP contribution in [0.3, 0.4) is 0 Å². The van der Waals surface area contributed by atoms with Crippen molar-refractivity contribution in [3.05, 3.63) is 60.4 Å². The maximum atomic E-state index is 14.1. The Hall–Kier alpha value is -2.41. The molecule has 0 aliphatic heterocycles. The zero-order chi connectivity index (χ0) is 18.7. The fourth-order valence-electron chi connectivity index (χ4n) is 2.27. The fourth-order valence-corrected chi connectivity index (χ4v) is 3.76.